The molecule has 2 aromatic rings. The summed E-state index contributed by atoms with van der Waals surface area (Å²) in [5.74, 6) is -0.247. The fourth-order valence-corrected chi connectivity index (χ4v) is 2.43. The third-order valence-corrected chi connectivity index (χ3v) is 3.77. The summed E-state index contributed by atoms with van der Waals surface area (Å²) in [4.78, 5) is 23.3. The predicted octanol–water partition coefficient (Wildman–Crippen LogP) is 3.61. The Morgan fingerprint density at radius 3 is 2.31 bits per heavy atom. The minimum Gasteiger partial charge on any atom is -0.365 e. The van der Waals surface area contributed by atoms with Gasteiger partial charge in [-0.1, -0.05) is 12.1 Å². The molecule has 0 unspecified atom stereocenters. The molecule has 0 saturated heterocycles. The zero-order valence-corrected chi connectivity index (χ0v) is 14.0. The van der Waals surface area contributed by atoms with Crippen LogP contribution in [0.2, 0.25) is 0 Å². The first-order valence-corrected chi connectivity index (χ1v) is 7.51. The normalized spacial score (nSPS) is 11.1. The molecule has 0 saturated carbocycles. The number of hydrogen-bond acceptors (Lipinski definition) is 4. The standard InChI is InChI=1S/C17H16F3N3O3/c1-21-16(24)12-5-3-11(4-6-12)10-22(2)14-8-7-13(17(18,19)20)9-15(14)23(25)26/h3-9H,10H2,1-2H3,(H,21,24). The molecule has 0 bridgehead atoms. The molecule has 9 heteroatoms. The number of nitro benzene ring substituents is 1. The number of carbonyl (C=O) groups excluding carboxylic acids is 1. The van der Waals surface area contributed by atoms with E-state index in [4.69, 9.17) is 0 Å². The average Bonchev–Trinajstić information content (AvgIpc) is 2.60. The topological polar surface area (TPSA) is 75.5 Å². The molecule has 0 aliphatic rings. The van der Waals surface area contributed by atoms with Crippen molar-refractivity contribution in [3.05, 3.63) is 69.3 Å². The number of anilines is 1. The largest absolute Gasteiger partial charge is 0.416 e. The van der Waals surface area contributed by atoms with E-state index in [1.165, 1.54) is 11.9 Å². The number of alkyl halides is 3. The van der Waals surface area contributed by atoms with E-state index in [1.54, 1.807) is 31.3 Å². The van der Waals surface area contributed by atoms with Crippen molar-refractivity contribution in [1.82, 2.24) is 5.32 Å². The van der Waals surface area contributed by atoms with Gasteiger partial charge in [0.15, 0.2) is 0 Å². The highest BCUT2D eigenvalue weighted by Gasteiger charge is 2.33. The fourth-order valence-electron chi connectivity index (χ4n) is 2.43. The number of nitrogens with zero attached hydrogens (tertiary/aromatic N) is 2. The summed E-state index contributed by atoms with van der Waals surface area (Å²) >= 11 is 0. The van der Waals surface area contributed by atoms with Crippen molar-refractivity contribution >= 4 is 17.3 Å². The Hall–Kier alpha value is -3.10. The van der Waals surface area contributed by atoms with E-state index in [-0.39, 0.29) is 18.1 Å². The summed E-state index contributed by atoms with van der Waals surface area (Å²) in [7, 11) is 3.05. The van der Waals surface area contributed by atoms with Crippen molar-refractivity contribution in [2.45, 2.75) is 12.7 Å². The van der Waals surface area contributed by atoms with Gasteiger partial charge in [-0.3, -0.25) is 14.9 Å². The molecule has 0 fully saturated rings. The Balaban J connectivity index is 2.27. The first-order valence-electron chi connectivity index (χ1n) is 7.51. The maximum atomic E-state index is 12.8. The third kappa shape index (κ3) is 4.29. The van der Waals surface area contributed by atoms with Gasteiger partial charge >= 0.3 is 6.18 Å². The quantitative estimate of drug-likeness (QED) is 0.647. The maximum absolute atomic E-state index is 12.8. The number of benzene rings is 2. The van der Waals surface area contributed by atoms with Crippen LogP contribution in [-0.4, -0.2) is 24.9 Å². The van der Waals surface area contributed by atoms with Crippen molar-refractivity contribution < 1.29 is 22.9 Å². The van der Waals surface area contributed by atoms with Crippen LogP contribution in [0.5, 0.6) is 0 Å². The lowest BCUT2D eigenvalue weighted by molar-refractivity contribution is -0.384. The second-order valence-corrected chi connectivity index (χ2v) is 5.59. The maximum Gasteiger partial charge on any atom is 0.416 e. The molecular weight excluding hydrogens is 351 g/mol. The van der Waals surface area contributed by atoms with E-state index < -0.39 is 22.4 Å². The van der Waals surface area contributed by atoms with Crippen molar-refractivity contribution in [3.63, 3.8) is 0 Å². The van der Waals surface area contributed by atoms with E-state index in [0.29, 0.717) is 11.6 Å². The highest BCUT2D eigenvalue weighted by atomic mass is 19.4. The molecule has 1 N–H and O–H groups in total. The van der Waals surface area contributed by atoms with Crippen molar-refractivity contribution in [2.75, 3.05) is 19.0 Å². The van der Waals surface area contributed by atoms with Crippen LogP contribution in [0.3, 0.4) is 0 Å². The molecule has 2 aromatic carbocycles. The van der Waals surface area contributed by atoms with Crippen LogP contribution in [0, 0.1) is 10.1 Å². The molecular formula is C17H16F3N3O3. The number of rotatable bonds is 5. The Kier molecular flexibility index (Phi) is 5.49. The van der Waals surface area contributed by atoms with Crippen LogP contribution in [0.15, 0.2) is 42.5 Å². The van der Waals surface area contributed by atoms with Crippen molar-refractivity contribution in [3.8, 4) is 0 Å². The van der Waals surface area contributed by atoms with Gasteiger partial charge in [0.25, 0.3) is 11.6 Å². The molecule has 6 nitrogen and oxygen atoms in total. The number of halogens is 3. The molecule has 2 rings (SSSR count). The zero-order chi connectivity index (χ0) is 19.5. The molecule has 1 amide bonds. The van der Waals surface area contributed by atoms with Gasteiger partial charge in [-0.2, -0.15) is 13.2 Å². The van der Waals surface area contributed by atoms with Gasteiger partial charge in [-0.25, -0.2) is 0 Å². The van der Waals surface area contributed by atoms with Gasteiger partial charge in [0.1, 0.15) is 5.69 Å². The predicted molar refractivity (Wildman–Crippen MR) is 90.0 cm³/mol. The van der Waals surface area contributed by atoms with Gasteiger partial charge in [0.2, 0.25) is 0 Å². The lowest BCUT2D eigenvalue weighted by Crippen LogP contribution is -2.19. The molecule has 0 radical (unpaired) electrons. The molecule has 0 aliphatic carbocycles. The molecule has 0 spiro atoms. The molecule has 0 aliphatic heterocycles. The third-order valence-electron chi connectivity index (χ3n) is 3.77. The monoisotopic (exact) mass is 367 g/mol. The summed E-state index contributed by atoms with van der Waals surface area (Å²) in [5.41, 5.74) is -0.423. The lowest BCUT2D eigenvalue weighted by Gasteiger charge is -2.20. The SMILES string of the molecule is CNC(=O)c1ccc(CN(C)c2ccc(C(F)(F)F)cc2[N+](=O)[O-])cc1. The number of carbonyl (C=O) groups is 1. The Morgan fingerprint density at radius 1 is 1.19 bits per heavy atom. The van der Waals surface area contributed by atoms with E-state index in [9.17, 15) is 28.1 Å². The fraction of sp³-hybridized carbons (Fsp3) is 0.235. The van der Waals surface area contributed by atoms with Crippen LogP contribution in [0.25, 0.3) is 0 Å². The number of nitrogens with one attached hydrogen (secondary N) is 1. The average molecular weight is 367 g/mol. The van der Waals surface area contributed by atoms with Crippen LogP contribution in [-0.2, 0) is 12.7 Å². The van der Waals surface area contributed by atoms with Gasteiger partial charge in [-0.05, 0) is 29.8 Å². The molecule has 0 atom stereocenters. The summed E-state index contributed by atoms with van der Waals surface area (Å²) in [6.07, 6.45) is -4.66. The van der Waals surface area contributed by atoms with E-state index >= 15 is 0 Å². The Morgan fingerprint density at radius 2 is 1.81 bits per heavy atom. The van der Waals surface area contributed by atoms with Crippen LogP contribution < -0.4 is 10.2 Å². The highest BCUT2D eigenvalue weighted by Crippen LogP contribution is 2.36. The van der Waals surface area contributed by atoms with E-state index in [0.717, 1.165) is 17.7 Å². The number of nitro groups is 1. The first kappa shape index (κ1) is 19.2. The molecule has 0 heterocycles. The minimum atomic E-state index is -4.66. The van der Waals surface area contributed by atoms with Gasteiger partial charge < -0.3 is 10.2 Å². The van der Waals surface area contributed by atoms with Gasteiger partial charge in [-0.15, -0.1) is 0 Å². The Bertz CT molecular complexity index is 820. The van der Waals surface area contributed by atoms with Crippen LogP contribution >= 0.6 is 0 Å². The van der Waals surface area contributed by atoms with Crippen LogP contribution in [0.1, 0.15) is 21.5 Å². The summed E-state index contributed by atoms with van der Waals surface area (Å²) in [6.45, 7) is 0.222. The van der Waals surface area contributed by atoms with Crippen LogP contribution in [0.4, 0.5) is 24.5 Å². The van der Waals surface area contributed by atoms with E-state index in [2.05, 4.69) is 5.32 Å². The lowest BCUT2D eigenvalue weighted by atomic mass is 10.1. The molecule has 138 valence electrons. The number of amides is 1. The summed E-state index contributed by atoms with van der Waals surface area (Å²) in [5, 5.41) is 13.7. The molecule has 0 aromatic heterocycles. The van der Waals surface area contributed by atoms with Gasteiger partial charge in [0.05, 0.1) is 10.5 Å². The second-order valence-electron chi connectivity index (χ2n) is 5.59. The van der Waals surface area contributed by atoms with Crippen molar-refractivity contribution in [1.29, 1.82) is 0 Å². The minimum absolute atomic E-state index is 0.0679. The summed E-state index contributed by atoms with van der Waals surface area (Å²) < 4.78 is 38.3. The highest BCUT2D eigenvalue weighted by molar-refractivity contribution is 5.93. The number of hydrogen-bond donors (Lipinski definition) is 1. The van der Waals surface area contributed by atoms with Gasteiger partial charge in [0, 0.05) is 32.3 Å². The Labute approximate surface area is 147 Å². The molecule has 26 heavy (non-hydrogen) atoms. The van der Waals surface area contributed by atoms with Crippen molar-refractivity contribution in [2.24, 2.45) is 0 Å². The summed E-state index contributed by atoms with van der Waals surface area (Å²) in [6, 6.07) is 8.98. The van der Waals surface area contributed by atoms with E-state index in [1.807, 2.05) is 0 Å². The smallest absolute Gasteiger partial charge is 0.365 e. The zero-order valence-electron chi connectivity index (χ0n) is 14.0. The second kappa shape index (κ2) is 7.42. The first-order chi connectivity index (χ1) is 12.1.